The van der Waals surface area contributed by atoms with Gasteiger partial charge in [0.25, 0.3) is 0 Å². The Kier molecular flexibility index (Phi) is 22.6. The minimum Gasteiger partial charge on any atom is -0.862 e. The Bertz CT molecular complexity index is 1270. The standard InChI is InChI=1S/C14H21NO20S3.4Na/c1-4(16)15-8-11(10(35-38(27,28)29)7(31-13(8)20)3-30-36(21,22)23)33-14-9(34-37(24,25)26)5(17)2-6(32-14)12(18)19;;;;/h2,5,7-11,13-14,17,20H,3H2,1H3,(H,15,16)(H,18,19)(H,21,22,23)(H,24,25,26)(H,27,28,29);;;;/q;4*+1/p-4/t5-,7+,8+,9+,10-,11+,13?,14-;;;;/m0..../s1. The number of hydrogen-bond donors (Lipinski definition) is 3. The van der Waals surface area contributed by atoms with E-state index in [-0.39, 0.29) is 118 Å². The fraction of sp³-hybridized carbons (Fsp3) is 0.714. The van der Waals surface area contributed by atoms with Gasteiger partial charge in [-0.2, -0.15) is 8.42 Å². The van der Waals surface area contributed by atoms with Crippen LogP contribution in [-0.4, -0.2) is 117 Å². The van der Waals surface area contributed by atoms with Crippen molar-refractivity contribution in [2.45, 2.75) is 56.1 Å². The molecule has 3 N–H and O–H groups in total. The zero-order valence-electron chi connectivity index (χ0n) is 22.4. The van der Waals surface area contributed by atoms with Crippen molar-refractivity contribution in [1.82, 2.24) is 0 Å². The number of carbonyl (C=O) groups is 1. The second kappa shape index (κ2) is 19.7. The summed E-state index contributed by atoms with van der Waals surface area (Å²) in [6, 6.07) is -2.11. The van der Waals surface area contributed by atoms with Crippen LogP contribution in [0.15, 0.2) is 16.8 Å². The van der Waals surface area contributed by atoms with Gasteiger partial charge in [0.15, 0.2) is 12.4 Å². The van der Waals surface area contributed by atoms with Gasteiger partial charge in [-0.3, -0.25) is 17.9 Å². The molecule has 1 unspecified atom stereocenters. The largest absolute Gasteiger partial charge is 1.00 e. The number of aliphatic imine (C=N–C) groups is 1. The molecule has 0 radical (unpaired) electrons. The van der Waals surface area contributed by atoms with Crippen LogP contribution in [0.2, 0.25) is 0 Å². The Balaban J connectivity index is -0.00000380. The molecule has 0 aromatic heterocycles. The molecule has 42 heavy (non-hydrogen) atoms. The molecule has 0 amide bonds. The second-order valence-electron chi connectivity index (χ2n) is 7.25. The molecule has 220 valence electrons. The number of nitrogens with zero attached hydrogens (tertiary/aromatic N) is 1. The molecular weight excluding hydrogens is 690 g/mol. The van der Waals surface area contributed by atoms with Gasteiger partial charge in [0, 0.05) is 0 Å². The topological polar surface area (TPSA) is 340 Å². The monoisotopic (exact) mass is 707 g/mol. The average Bonchev–Trinajstić information content (AvgIpc) is 2.70. The number of carboxylic acids is 1. The summed E-state index contributed by atoms with van der Waals surface area (Å²) in [6.45, 7) is -0.627. The molecule has 2 aliphatic rings. The molecule has 0 saturated carbocycles. The van der Waals surface area contributed by atoms with E-state index in [0.717, 1.165) is 6.92 Å². The second-order valence-corrected chi connectivity index (χ2v) is 10.4. The Labute approximate surface area is 327 Å². The minimum atomic E-state index is -5.69. The van der Waals surface area contributed by atoms with Crippen molar-refractivity contribution in [1.29, 1.82) is 0 Å². The van der Waals surface area contributed by atoms with Crippen LogP contribution in [0.4, 0.5) is 0 Å². The molecule has 0 spiro atoms. The first kappa shape index (κ1) is 48.3. The number of carbonyl (C=O) groups excluding carboxylic acids is 1. The summed E-state index contributed by atoms with van der Waals surface area (Å²) in [5.74, 6) is -4.47. The van der Waals surface area contributed by atoms with Gasteiger partial charge in [0.2, 0.25) is 27.1 Å². The number of ether oxygens (including phenoxy) is 3. The molecular formula is C14H17NNa4O20S3. The van der Waals surface area contributed by atoms with Crippen molar-refractivity contribution in [2.24, 2.45) is 4.99 Å². The third-order valence-electron chi connectivity index (χ3n) is 4.46. The number of rotatable bonds is 11. The van der Waals surface area contributed by atoms with E-state index in [1.807, 2.05) is 0 Å². The first-order valence-corrected chi connectivity index (χ1v) is 13.6. The van der Waals surface area contributed by atoms with Crippen LogP contribution >= 0.6 is 0 Å². The Hall–Kier alpha value is 1.93. The Morgan fingerprint density at radius 1 is 0.952 bits per heavy atom. The predicted molar refractivity (Wildman–Crippen MR) is 103 cm³/mol. The molecule has 2 heterocycles. The number of aliphatic hydroxyl groups is 2. The first-order valence-electron chi connectivity index (χ1n) is 9.55. The van der Waals surface area contributed by atoms with Crippen LogP contribution in [0.25, 0.3) is 0 Å². The summed E-state index contributed by atoms with van der Waals surface area (Å²) >= 11 is 0. The molecule has 0 bridgehead atoms. The van der Waals surface area contributed by atoms with E-state index in [9.17, 15) is 64.1 Å². The third kappa shape index (κ3) is 16.2. The van der Waals surface area contributed by atoms with Crippen LogP contribution in [-0.2, 0) is 62.8 Å². The molecule has 1 saturated heterocycles. The number of hydrogen-bond acceptors (Lipinski definition) is 20. The minimum absolute atomic E-state index is 0. The molecule has 2 rings (SSSR count). The van der Waals surface area contributed by atoms with E-state index in [2.05, 4.69) is 17.5 Å². The maximum atomic E-state index is 11.6. The van der Waals surface area contributed by atoms with Crippen LogP contribution < -0.4 is 128 Å². The SMILES string of the molecule is CC([O-])=N[C@H]1C(O)O[C@H](COS(=O)(=O)[O-])[C@H](OS(=O)(=O)O)[C@@H]1O[C@@H]1OC(C(=O)[O-])=C[C@H](O)[C@H]1OS(=O)(=O)[O-].[Na+].[Na+].[Na+].[Na+]. The van der Waals surface area contributed by atoms with Crippen molar-refractivity contribution in [3.8, 4) is 0 Å². The Morgan fingerprint density at radius 3 is 1.93 bits per heavy atom. The van der Waals surface area contributed by atoms with E-state index in [4.69, 9.17) is 14.2 Å². The van der Waals surface area contributed by atoms with E-state index < -0.39 is 105 Å². The van der Waals surface area contributed by atoms with E-state index in [0.29, 0.717) is 6.08 Å². The molecule has 0 aromatic rings. The normalized spacial score (nSPS) is 30.1. The first-order chi connectivity index (χ1) is 17.2. The smallest absolute Gasteiger partial charge is 0.862 e. The zero-order valence-corrected chi connectivity index (χ0v) is 32.8. The van der Waals surface area contributed by atoms with E-state index in [1.54, 1.807) is 0 Å². The molecule has 28 heteroatoms. The van der Waals surface area contributed by atoms with Gasteiger partial charge in [-0.15, -0.1) is 0 Å². The van der Waals surface area contributed by atoms with Crippen LogP contribution in [0, 0.1) is 0 Å². The van der Waals surface area contributed by atoms with Crippen LogP contribution in [0.1, 0.15) is 6.92 Å². The van der Waals surface area contributed by atoms with E-state index in [1.165, 1.54) is 0 Å². The zero-order chi connectivity index (χ0) is 29.2. The van der Waals surface area contributed by atoms with Gasteiger partial charge in [0.1, 0.15) is 42.2 Å². The van der Waals surface area contributed by atoms with Gasteiger partial charge in [-0.05, 0) is 18.9 Å². The van der Waals surface area contributed by atoms with Crippen molar-refractivity contribution in [3.05, 3.63) is 11.8 Å². The number of aliphatic carboxylic acids is 1. The summed E-state index contributed by atoms with van der Waals surface area (Å²) in [5, 5.41) is 43.2. The van der Waals surface area contributed by atoms with E-state index >= 15 is 0 Å². The summed E-state index contributed by atoms with van der Waals surface area (Å²) in [7, 11) is -16.8. The molecule has 21 nitrogen and oxygen atoms in total. The van der Waals surface area contributed by atoms with Crippen molar-refractivity contribution < 1.29 is 209 Å². The molecule has 8 atom stereocenters. The Morgan fingerprint density at radius 2 is 1.50 bits per heavy atom. The summed E-state index contributed by atoms with van der Waals surface area (Å²) in [4.78, 5) is 14.6. The number of carboxylic acid groups (broad SMARTS) is 1. The molecule has 0 aromatic carbocycles. The molecule has 1 fully saturated rings. The fourth-order valence-corrected chi connectivity index (χ4v) is 4.50. The van der Waals surface area contributed by atoms with Gasteiger partial charge in [-0.1, -0.05) is 0 Å². The van der Waals surface area contributed by atoms with Gasteiger partial charge < -0.3 is 48.5 Å². The maximum Gasteiger partial charge on any atom is 1.00 e. The van der Waals surface area contributed by atoms with Crippen LogP contribution in [0.3, 0.4) is 0 Å². The summed E-state index contributed by atoms with van der Waals surface area (Å²) in [6.07, 6.45) is -16.3. The third-order valence-corrected chi connectivity index (χ3v) is 5.81. The summed E-state index contributed by atoms with van der Waals surface area (Å²) in [5.41, 5.74) is 0. The maximum absolute atomic E-state index is 11.6. The average molecular weight is 707 g/mol. The van der Waals surface area contributed by atoms with Gasteiger partial charge in [0.05, 0.1) is 6.61 Å². The summed E-state index contributed by atoms with van der Waals surface area (Å²) < 4.78 is 125. The predicted octanol–water partition coefficient (Wildman–Crippen LogP) is -18.9. The van der Waals surface area contributed by atoms with Crippen molar-refractivity contribution >= 4 is 43.1 Å². The van der Waals surface area contributed by atoms with Crippen LogP contribution in [0.5, 0.6) is 0 Å². The van der Waals surface area contributed by atoms with Gasteiger partial charge in [-0.25, -0.2) is 21.0 Å². The van der Waals surface area contributed by atoms with Crippen molar-refractivity contribution in [3.63, 3.8) is 0 Å². The molecule has 0 aliphatic carbocycles. The fourth-order valence-electron chi connectivity index (χ4n) is 3.21. The molecule has 2 aliphatic heterocycles. The van der Waals surface area contributed by atoms with Gasteiger partial charge >= 0.3 is 129 Å². The number of aliphatic hydroxyl groups excluding tert-OH is 2. The van der Waals surface area contributed by atoms with Crippen molar-refractivity contribution in [2.75, 3.05) is 6.61 Å². The quantitative estimate of drug-likeness (QED) is 0.0590.